The first-order valence-electron chi connectivity index (χ1n) is 10.4. The zero-order chi connectivity index (χ0) is 20.9. The van der Waals surface area contributed by atoms with E-state index in [4.69, 9.17) is 4.74 Å². The van der Waals surface area contributed by atoms with Gasteiger partial charge >= 0.3 is 0 Å². The van der Waals surface area contributed by atoms with E-state index < -0.39 is 6.10 Å². The standard InChI is InChI=1S/C25H28N2O3/c1-17(13-18-9-11-19(28)12-10-18)14-26-15-20(29)16-30-24-8-4-7-23-25(24)21-5-2-3-6-22(21)27-23/h2-12,17,20,26-29H,13-16H2,1H3. The first-order valence-corrected chi connectivity index (χ1v) is 10.4. The van der Waals surface area contributed by atoms with Crippen LogP contribution in [0.15, 0.2) is 66.7 Å². The maximum absolute atomic E-state index is 10.4. The number of aromatic amines is 1. The van der Waals surface area contributed by atoms with Crippen LogP contribution in [0.1, 0.15) is 12.5 Å². The van der Waals surface area contributed by atoms with Gasteiger partial charge in [0.25, 0.3) is 0 Å². The van der Waals surface area contributed by atoms with E-state index in [9.17, 15) is 10.2 Å². The number of nitrogens with one attached hydrogen (secondary N) is 2. The molecule has 0 aliphatic rings. The van der Waals surface area contributed by atoms with Crippen molar-refractivity contribution in [3.05, 3.63) is 72.3 Å². The molecule has 2 atom stereocenters. The Morgan fingerprint density at radius 2 is 1.70 bits per heavy atom. The van der Waals surface area contributed by atoms with E-state index in [-0.39, 0.29) is 12.4 Å². The number of aromatic nitrogens is 1. The Balaban J connectivity index is 1.28. The van der Waals surface area contributed by atoms with Gasteiger partial charge in [-0.2, -0.15) is 0 Å². The maximum Gasteiger partial charge on any atom is 0.129 e. The summed E-state index contributed by atoms with van der Waals surface area (Å²) in [7, 11) is 0. The number of fused-ring (bicyclic) bond motifs is 3. The second-order valence-corrected chi connectivity index (χ2v) is 7.95. The number of phenols is 1. The van der Waals surface area contributed by atoms with Crippen molar-refractivity contribution in [1.29, 1.82) is 0 Å². The Hall–Kier alpha value is -3.02. The van der Waals surface area contributed by atoms with Crippen molar-refractivity contribution < 1.29 is 14.9 Å². The van der Waals surface area contributed by atoms with Crippen LogP contribution in [0, 0.1) is 5.92 Å². The van der Waals surface area contributed by atoms with Crippen molar-refractivity contribution in [2.24, 2.45) is 5.92 Å². The lowest BCUT2D eigenvalue weighted by atomic mass is 10.0. The van der Waals surface area contributed by atoms with Gasteiger partial charge in [-0.15, -0.1) is 0 Å². The fraction of sp³-hybridized carbons (Fsp3) is 0.280. The Morgan fingerprint density at radius 3 is 2.53 bits per heavy atom. The highest BCUT2D eigenvalue weighted by molar-refractivity contribution is 6.10. The van der Waals surface area contributed by atoms with Crippen LogP contribution in [0.25, 0.3) is 21.8 Å². The molecule has 3 aromatic carbocycles. The van der Waals surface area contributed by atoms with Gasteiger partial charge in [-0.1, -0.05) is 43.3 Å². The first kappa shape index (κ1) is 20.3. The highest BCUT2D eigenvalue weighted by atomic mass is 16.5. The molecule has 30 heavy (non-hydrogen) atoms. The molecule has 0 saturated heterocycles. The summed E-state index contributed by atoms with van der Waals surface area (Å²) >= 11 is 0. The second kappa shape index (κ2) is 9.20. The highest BCUT2D eigenvalue weighted by Gasteiger charge is 2.12. The van der Waals surface area contributed by atoms with E-state index in [1.54, 1.807) is 12.1 Å². The number of H-pyrrole nitrogens is 1. The number of para-hydroxylation sites is 1. The zero-order valence-corrected chi connectivity index (χ0v) is 17.1. The van der Waals surface area contributed by atoms with Gasteiger partial charge in [-0.05, 0) is 54.8 Å². The molecule has 2 unspecified atom stereocenters. The zero-order valence-electron chi connectivity index (χ0n) is 17.1. The van der Waals surface area contributed by atoms with Crippen LogP contribution < -0.4 is 10.1 Å². The SMILES string of the molecule is CC(CNCC(O)COc1cccc2[nH]c3ccccc3c12)Cc1ccc(O)cc1. The number of aliphatic hydroxyl groups is 1. The molecular formula is C25H28N2O3. The lowest BCUT2D eigenvalue weighted by Crippen LogP contribution is -2.34. The highest BCUT2D eigenvalue weighted by Crippen LogP contribution is 2.32. The summed E-state index contributed by atoms with van der Waals surface area (Å²) in [4.78, 5) is 3.41. The smallest absolute Gasteiger partial charge is 0.129 e. The topological polar surface area (TPSA) is 77.5 Å². The number of hydrogen-bond acceptors (Lipinski definition) is 4. The normalized spacial score (nSPS) is 13.5. The quantitative estimate of drug-likeness (QED) is 0.337. The molecule has 1 aromatic heterocycles. The van der Waals surface area contributed by atoms with Crippen molar-refractivity contribution in [3.63, 3.8) is 0 Å². The van der Waals surface area contributed by atoms with Crippen LogP contribution in [0.4, 0.5) is 0 Å². The van der Waals surface area contributed by atoms with Gasteiger partial charge < -0.3 is 25.3 Å². The fourth-order valence-electron chi connectivity index (χ4n) is 3.84. The number of benzene rings is 3. The molecule has 4 aromatic rings. The van der Waals surface area contributed by atoms with E-state index in [1.165, 1.54) is 5.56 Å². The molecule has 1 heterocycles. The third-order valence-electron chi connectivity index (χ3n) is 5.32. The van der Waals surface area contributed by atoms with Crippen LogP contribution in [0.2, 0.25) is 0 Å². The van der Waals surface area contributed by atoms with Gasteiger partial charge in [-0.25, -0.2) is 0 Å². The number of rotatable bonds is 9. The minimum absolute atomic E-state index is 0.234. The van der Waals surface area contributed by atoms with E-state index in [1.807, 2.05) is 42.5 Å². The lowest BCUT2D eigenvalue weighted by Gasteiger charge is -2.16. The van der Waals surface area contributed by atoms with Gasteiger partial charge in [0.2, 0.25) is 0 Å². The summed E-state index contributed by atoms with van der Waals surface area (Å²) < 4.78 is 5.98. The third-order valence-corrected chi connectivity index (χ3v) is 5.32. The summed E-state index contributed by atoms with van der Waals surface area (Å²) in [6, 6.07) is 21.4. The van der Waals surface area contributed by atoms with Crippen molar-refractivity contribution in [3.8, 4) is 11.5 Å². The van der Waals surface area contributed by atoms with Crippen LogP contribution in [-0.2, 0) is 6.42 Å². The van der Waals surface area contributed by atoms with Gasteiger partial charge in [-0.3, -0.25) is 0 Å². The molecule has 156 valence electrons. The van der Waals surface area contributed by atoms with E-state index in [0.717, 1.165) is 40.5 Å². The molecule has 4 rings (SSSR count). The summed E-state index contributed by atoms with van der Waals surface area (Å²) in [5.74, 6) is 1.49. The van der Waals surface area contributed by atoms with Crippen LogP contribution in [0.3, 0.4) is 0 Å². The summed E-state index contributed by atoms with van der Waals surface area (Å²) in [5.41, 5.74) is 3.30. The average Bonchev–Trinajstić information content (AvgIpc) is 3.13. The van der Waals surface area contributed by atoms with Crippen molar-refractivity contribution in [1.82, 2.24) is 10.3 Å². The molecule has 0 aliphatic carbocycles. The Labute approximate surface area is 176 Å². The molecule has 0 fully saturated rings. The molecular weight excluding hydrogens is 376 g/mol. The Bertz CT molecular complexity index is 1100. The van der Waals surface area contributed by atoms with Gasteiger partial charge in [0, 0.05) is 22.8 Å². The predicted octanol–water partition coefficient (Wildman–Crippen LogP) is 4.23. The monoisotopic (exact) mass is 404 g/mol. The molecule has 0 saturated carbocycles. The summed E-state index contributed by atoms with van der Waals surface area (Å²) in [5, 5.41) is 25.2. The molecule has 5 nitrogen and oxygen atoms in total. The number of ether oxygens (including phenoxy) is 1. The van der Waals surface area contributed by atoms with Crippen LogP contribution in [0.5, 0.6) is 11.5 Å². The number of hydrogen-bond donors (Lipinski definition) is 4. The molecule has 0 amide bonds. The van der Waals surface area contributed by atoms with Crippen molar-refractivity contribution in [2.75, 3.05) is 19.7 Å². The number of phenolic OH excluding ortho intramolecular Hbond substituents is 1. The third kappa shape index (κ3) is 4.75. The lowest BCUT2D eigenvalue weighted by molar-refractivity contribution is 0.106. The number of aliphatic hydroxyl groups excluding tert-OH is 1. The van der Waals surface area contributed by atoms with Gasteiger partial charge in [0.05, 0.1) is 5.52 Å². The van der Waals surface area contributed by atoms with Crippen molar-refractivity contribution >= 4 is 21.8 Å². The first-order chi connectivity index (χ1) is 14.6. The molecule has 0 aliphatic heterocycles. The Morgan fingerprint density at radius 1 is 0.933 bits per heavy atom. The molecule has 4 N–H and O–H groups in total. The number of aromatic hydroxyl groups is 1. The maximum atomic E-state index is 10.4. The average molecular weight is 405 g/mol. The molecule has 0 radical (unpaired) electrons. The van der Waals surface area contributed by atoms with Crippen molar-refractivity contribution in [2.45, 2.75) is 19.4 Å². The largest absolute Gasteiger partial charge is 0.508 e. The summed E-state index contributed by atoms with van der Waals surface area (Å²) in [6.45, 7) is 3.68. The molecule has 0 spiro atoms. The fourth-order valence-corrected chi connectivity index (χ4v) is 3.84. The minimum Gasteiger partial charge on any atom is -0.508 e. The summed E-state index contributed by atoms with van der Waals surface area (Å²) in [6.07, 6.45) is 0.328. The Kier molecular flexibility index (Phi) is 6.21. The second-order valence-electron chi connectivity index (χ2n) is 7.95. The predicted molar refractivity (Wildman–Crippen MR) is 121 cm³/mol. The molecule has 5 heteroatoms. The molecule has 0 bridgehead atoms. The van der Waals surface area contributed by atoms with E-state index >= 15 is 0 Å². The van der Waals surface area contributed by atoms with Crippen LogP contribution >= 0.6 is 0 Å². The van der Waals surface area contributed by atoms with E-state index in [0.29, 0.717) is 12.5 Å². The van der Waals surface area contributed by atoms with Gasteiger partial charge in [0.15, 0.2) is 0 Å². The van der Waals surface area contributed by atoms with Crippen LogP contribution in [-0.4, -0.2) is 41.0 Å². The van der Waals surface area contributed by atoms with E-state index in [2.05, 4.69) is 29.4 Å². The van der Waals surface area contributed by atoms with Gasteiger partial charge in [0.1, 0.15) is 24.2 Å². The minimum atomic E-state index is -0.591.